The van der Waals surface area contributed by atoms with E-state index in [9.17, 15) is 4.79 Å². The van der Waals surface area contributed by atoms with Gasteiger partial charge < -0.3 is 18.2 Å². The average molecular weight is 616 g/mol. The Labute approximate surface area is 268 Å². The van der Waals surface area contributed by atoms with Crippen molar-refractivity contribution < 1.29 is 18.1 Å². The van der Waals surface area contributed by atoms with Crippen molar-refractivity contribution >= 4 is 31.6 Å². The van der Waals surface area contributed by atoms with E-state index in [1.807, 2.05) is 42.5 Å². The first kappa shape index (κ1) is 32.1. The van der Waals surface area contributed by atoms with Crippen molar-refractivity contribution in [2.45, 2.75) is 32.7 Å². The predicted molar refractivity (Wildman–Crippen MR) is 186 cm³/mol. The summed E-state index contributed by atoms with van der Waals surface area (Å²) in [4.78, 5) is 15.5. The van der Waals surface area contributed by atoms with Crippen molar-refractivity contribution in [3.05, 3.63) is 149 Å². The first-order chi connectivity index (χ1) is 21.8. The van der Waals surface area contributed by atoms with Gasteiger partial charge in [0, 0.05) is 56.4 Å². The molecule has 0 bridgehead atoms. The maximum absolute atomic E-state index is 13.3. The lowest BCUT2D eigenvalue weighted by Gasteiger charge is -2.26. The summed E-state index contributed by atoms with van der Waals surface area (Å²) < 4.78 is 16.6. The zero-order valence-electron chi connectivity index (χ0n) is 26.7. The highest BCUT2D eigenvalue weighted by molar-refractivity contribution is 6.60. The van der Waals surface area contributed by atoms with Crippen LogP contribution in [0, 0.1) is 13.8 Å². The quantitative estimate of drug-likeness (QED) is 0.0976. The van der Waals surface area contributed by atoms with Crippen molar-refractivity contribution in [3.63, 3.8) is 0 Å². The number of ketones is 1. The largest absolute Gasteiger partial charge is 0.500 e. The fraction of sp³-hybridized carbons (Fsp3) is 0.205. The van der Waals surface area contributed by atoms with Gasteiger partial charge in [-0.3, -0.25) is 4.79 Å². The van der Waals surface area contributed by atoms with E-state index >= 15 is 0 Å². The van der Waals surface area contributed by atoms with Crippen LogP contribution in [0.1, 0.15) is 32.6 Å². The van der Waals surface area contributed by atoms with Gasteiger partial charge in [-0.25, -0.2) is 0 Å². The Hall–Kier alpha value is -4.33. The van der Waals surface area contributed by atoms with Gasteiger partial charge in [0.25, 0.3) is 0 Å². The molecule has 6 heteroatoms. The molecule has 5 nitrogen and oxygen atoms in total. The number of carbonyl (C=O) groups is 1. The van der Waals surface area contributed by atoms with E-state index in [2.05, 4.69) is 97.6 Å². The topological polar surface area (TPSA) is 48.0 Å². The molecule has 5 rings (SSSR count). The summed E-state index contributed by atoms with van der Waals surface area (Å²) in [5.74, 6) is 0.0869. The fourth-order valence-electron chi connectivity index (χ4n) is 5.51. The van der Waals surface area contributed by atoms with E-state index in [0.717, 1.165) is 34.6 Å². The van der Waals surface area contributed by atoms with Crippen LogP contribution < -0.4 is 4.90 Å². The molecular weight excluding hydrogens is 575 g/mol. The molecule has 0 heterocycles. The van der Waals surface area contributed by atoms with Crippen LogP contribution in [-0.4, -0.2) is 35.9 Å². The summed E-state index contributed by atoms with van der Waals surface area (Å²) in [7, 11) is 2.27. The van der Waals surface area contributed by atoms with Gasteiger partial charge in [-0.05, 0) is 102 Å². The number of nitrogens with zero attached hydrogens (tertiary/aromatic N) is 1. The maximum Gasteiger partial charge on any atom is 0.500 e. The number of benzene rings is 5. The molecule has 0 amide bonds. The Morgan fingerprint density at radius 1 is 0.600 bits per heavy atom. The number of carbonyl (C=O) groups excluding carboxylic acids is 1. The molecular formula is C39H41NO4Si. The number of anilines is 3. The zero-order chi connectivity index (χ0) is 31.8. The molecule has 0 atom stereocenters. The van der Waals surface area contributed by atoms with E-state index in [4.69, 9.17) is 13.3 Å². The van der Waals surface area contributed by atoms with Gasteiger partial charge in [-0.15, -0.1) is 0 Å². The molecule has 0 aliphatic rings. The third kappa shape index (κ3) is 7.67. The zero-order valence-corrected chi connectivity index (χ0v) is 27.7. The molecule has 5 aromatic carbocycles. The van der Waals surface area contributed by atoms with Crippen molar-refractivity contribution in [1.29, 1.82) is 0 Å². The molecule has 0 N–H and O–H groups in total. The lowest BCUT2D eigenvalue weighted by atomic mass is 10.0. The summed E-state index contributed by atoms with van der Waals surface area (Å²) in [5.41, 5.74) is 10.8. The van der Waals surface area contributed by atoms with Crippen LogP contribution in [0.5, 0.6) is 0 Å². The first-order valence-electron chi connectivity index (χ1n) is 15.2. The highest BCUT2D eigenvalue weighted by atomic mass is 28.4. The Balaban J connectivity index is 1.33. The van der Waals surface area contributed by atoms with E-state index in [-0.39, 0.29) is 5.78 Å². The Morgan fingerprint density at radius 3 is 1.71 bits per heavy atom. The Kier molecular flexibility index (Phi) is 10.4. The van der Waals surface area contributed by atoms with Crippen molar-refractivity contribution in [2.75, 3.05) is 26.2 Å². The predicted octanol–water partition coefficient (Wildman–Crippen LogP) is 9.29. The van der Waals surface area contributed by atoms with Crippen LogP contribution in [0.25, 0.3) is 11.1 Å². The van der Waals surface area contributed by atoms with Gasteiger partial charge in [-0.1, -0.05) is 72.8 Å². The summed E-state index contributed by atoms with van der Waals surface area (Å²) in [6, 6.07) is 42.4. The van der Waals surface area contributed by atoms with Crippen molar-refractivity contribution in [3.8, 4) is 11.1 Å². The van der Waals surface area contributed by atoms with Gasteiger partial charge in [0.15, 0.2) is 5.78 Å². The molecule has 5 aromatic rings. The molecule has 0 unspecified atom stereocenters. The molecule has 0 saturated carbocycles. The highest BCUT2D eigenvalue weighted by Gasteiger charge is 2.37. The van der Waals surface area contributed by atoms with Gasteiger partial charge in [0.1, 0.15) is 0 Å². The van der Waals surface area contributed by atoms with E-state index in [1.165, 1.54) is 22.3 Å². The van der Waals surface area contributed by atoms with Crippen LogP contribution >= 0.6 is 0 Å². The van der Waals surface area contributed by atoms with Gasteiger partial charge in [-0.2, -0.15) is 0 Å². The van der Waals surface area contributed by atoms with Gasteiger partial charge >= 0.3 is 8.80 Å². The van der Waals surface area contributed by atoms with Crippen LogP contribution in [-0.2, 0) is 26.1 Å². The summed E-state index contributed by atoms with van der Waals surface area (Å²) in [6.45, 7) is 4.26. The lowest BCUT2D eigenvalue weighted by Crippen LogP contribution is -2.43. The third-order valence-corrected chi connectivity index (χ3v) is 11.2. The molecule has 0 aromatic heterocycles. The van der Waals surface area contributed by atoms with Crippen molar-refractivity contribution in [1.82, 2.24) is 0 Å². The number of hydrogen-bond donors (Lipinski definition) is 0. The van der Waals surface area contributed by atoms with E-state index < -0.39 is 8.80 Å². The number of aryl methyl sites for hydroxylation is 3. The summed E-state index contributed by atoms with van der Waals surface area (Å²) in [5, 5.41) is 0. The second kappa shape index (κ2) is 14.6. The minimum absolute atomic E-state index is 0.0869. The minimum Gasteiger partial charge on any atom is -0.377 e. The first-order valence-corrected chi connectivity index (χ1v) is 17.2. The monoisotopic (exact) mass is 615 g/mol. The smallest absolute Gasteiger partial charge is 0.377 e. The van der Waals surface area contributed by atoms with E-state index in [1.54, 1.807) is 21.3 Å². The molecule has 0 aliphatic carbocycles. The van der Waals surface area contributed by atoms with Gasteiger partial charge in [0.05, 0.1) is 0 Å². The van der Waals surface area contributed by atoms with E-state index in [0.29, 0.717) is 18.0 Å². The normalized spacial score (nSPS) is 11.4. The molecule has 45 heavy (non-hydrogen) atoms. The third-order valence-electron chi connectivity index (χ3n) is 8.47. The molecule has 0 radical (unpaired) electrons. The lowest BCUT2D eigenvalue weighted by molar-refractivity contribution is 0.0993. The number of rotatable bonds is 13. The Morgan fingerprint density at radius 2 is 1.13 bits per heavy atom. The van der Waals surface area contributed by atoms with Crippen LogP contribution in [0.2, 0.25) is 6.04 Å². The molecule has 0 spiro atoms. The summed E-state index contributed by atoms with van der Waals surface area (Å²) >= 11 is 0. The minimum atomic E-state index is -2.62. The molecule has 230 valence electrons. The van der Waals surface area contributed by atoms with Crippen LogP contribution in [0.4, 0.5) is 17.1 Å². The van der Waals surface area contributed by atoms with Crippen LogP contribution in [0.3, 0.4) is 0 Å². The second-order valence-corrected chi connectivity index (χ2v) is 14.4. The molecule has 0 fully saturated rings. The SMILES string of the molecule is CO[Si](CCc1ccc(CC(=O)c2ccc(N(c3ccc(-c4ccccc4)cc3)c3ccc(C)c(C)c3)cc2)cc1)(OC)OC. The van der Waals surface area contributed by atoms with Crippen molar-refractivity contribution in [2.24, 2.45) is 0 Å². The standard InChI is InChI=1S/C39H41NO4Si/c1-29-11-20-38(27-30(29)2)40(36-21-16-34(17-22-36)33-9-7-6-8-10-33)37-23-18-35(19-24-37)39(41)28-32-14-12-31(13-15-32)25-26-45(42-3,43-4)44-5/h6-24,27H,25-26,28H2,1-5H3. The molecule has 0 aliphatic heterocycles. The molecule has 0 saturated heterocycles. The Bertz CT molecular complexity index is 1690. The second-order valence-electron chi connectivity index (χ2n) is 11.3. The number of hydrogen-bond acceptors (Lipinski definition) is 5. The van der Waals surface area contributed by atoms with Crippen LogP contribution in [0.15, 0.2) is 121 Å². The highest BCUT2D eigenvalue weighted by Crippen LogP contribution is 2.36. The average Bonchev–Trinajstić information content (AvgIpc) is 3.09. The fourth-order valence-corrected chi connectivity index (χ4v) is 7.21. The number of Topliss-reactive ketones (excluding diaryl/α,β-unsaturated/α-hetero) is 1. The maximum atomic E-state index is 13.3. The van der Waals surface area contributed by atoms with Gasteiger partial charge in [0.2, 0.25) is 0 Å². The summed E-state index contributed by atoms with van der Waals surface area (Å²) in [6.07, 6.45) is 1.12.